The van der Waals surface area contributed by atoms with Crippen molar-refractivity contribution in [3.8, 4) is 6.07 Å². The second kappa shape index (κ2) is 9.63. The second-order valence-corrected chi connectivity index (χ2v) is 3.23. The van der Waals surface area contributed by atoms with Crippen molar-refractivity contribution in [2.24, 2.45) is 0 Å². The number of nitriles is 1. The Balaban J connectivity index is 4.18. The van der Waals surface area contributed by atoms with Gasteiger partial charge in [-0.05, 0) is 6.42 Å². The number of nitrogens with one attached hydrogen (secondary N) is 2. The summed E-state index contributed by atoms with van der Waals surface area (Å²) >= 11 is 0. The van der Waals surface area contributed by atoms with Gasteiger partial charge in [0.25, 0.3) is 5.91 Å². The Hall–Kier alpha value is -1.58. The number of methoxy groups -OCH3 is 2. The minimum atomic E-state index is -0.412. The maximum Gasteiger partial charge on any atom is 0.263 e. The molecule has 0 atom stereocenters. The number of carbonyl (C=O) groups is 1. The largest absolute Gasteiger partial charge is 0.385 e. The molecule has 0 aliphatic carbocycles. The van der Waals surface area contributed by atoms with Crippen molar-refractivity contribution in [2.75, 3.05) is 27.3 Å². The van der Waals surface area contributed by atoms with E-state index in [0.717, 1.165) is 6.42 Å². The molecule has 17 heavy (non-hydrogen) atoms. The monoisotopic (exact) mass is 241 g/mol. The summed E-state index contributed by atoms with van der Waals surface area (Å²) in [5.41, 5.74) is 0.0319. The smallest absolute Gasteiger partial charge is 0.263 e. The van der Waals surface area contributed by atoms with E-state index in [1.807, 2.05) is 13.0 Å². The molecule has 0 aromatic heterocycles. The van der Waals surface area contributed by atoms with Crippen LogP contribution in [0, 0.1) is 11.3 Å². The highest BCUT2D eigenvalue weighted by molar-refractivity contribution is 5.97. The molecule has 2 N–H and O–H groups in total. The standard InChI is InChI=1S/C11H19N3O3/c1-4-5-14-11(15)9(6-12)7-13-8-10(16-2)17-3/h7,10,13H,4-5,8H2,1-3H3,(H,14,15)/b9-7-. The van der Waals surface area contributed by atoms with E-state index >= 15 is 0 Å². The van der Waals surface area contributed by atoms with E-state index in [1.54, 1.807) is 0 Å². The Bertz CT molecular complexity index is 293. The van der Waals surface area contributed by atoms with Crippen molar-refractivity contribution in [1.82, 2.24) is 10.6 Å². The van der Waals surface area contributed by atoms with Crippen molar-refractivity contribution in [3.63, 3.8) is 0 Å². The molecule has 0 saturated heterocycles. The molecule has 0 unspecified atom stereocenters. The van der Waals surface area contributed by atoms with Crippen molar-refractivity contribution in [3.05, 3.63) is 11.8 Å². The van der Waals surface area contributed by atoms with E-state index in [1.165, 1.54) is 20.4 Å². The molecule has 96 valence electrons. The number of nitrogens with zero attached hydrogens (tertiary/aromatic N) is 1. The summed E-state index contributed by atoms with van der Waals surface area (Å²) in [6.07, 6.45) is 1.77. The first-order valence-corrected chi connectivity index (χ1v) is 5.37. The predicted molar refractivity (Wildman–Crippen MR) is 62.8 cm³/mol. The van der Waals surface area contributed by atoms with E-state index in [2.05, 4.69) is 10.6 Å². The molecular weight excluding hydrogens is 222 g/mol. The summed E-state index contributed by atoms with van der Waals surface area (Å²) in [7, 11) is 3.03. The summed E-state index contributed by atoms with van der Waals surface area (Å²) in [4.78, 5) is 11.4. The van der Waals surface area contributed by atoms with Crippen LogP contribution in [0.3, 0.4) is 0 Å². The predicted octanol–water partition coefficient (Wildman–Crippen LogP) is 0.129. The van der Waals surface area contributed by atoms with Crippen LogP contribution in [0.4, 0.5) is 0 Å². The second-order valence-electron chi connectivity index (χ2n) is 3.23. The lowest BCUT2D eigenvalue weighted by atomic mass is 10.3. The molecule has 0 rings (SSSR count). The van der Waals surface area contributed by atoms with Gasteiger partial charge in [-0.3, -0.25) is 4.79 Å². The lowest BCUT2D eigenvalue weighted by Gasteiger charge is -2.12. The Morgan fingerprint density at radius 2 is 2.12 bits per heavy atom. The molecule has 6 heteroatoms. The molecule has 0 aromatic carbocycles. The third-order valence-electron chi connectivity index (χ3n) is 1.96. The van der Waals surface area contributed by atoms with Crippen LogP contribution in [0.2, 0.25) is 0 Å². The van der Waals surface area contributed by atoms with E-state index < -0.39 is 6.29 Å². The Morgan fingerprint density at radius 3 is 2.59 bits per heavy atom. The first-order chi connectivity index (χ1) is 8.19. The zero-order chi connectivity index (χ0) is 13.1. The molecule has 6 nitrogen and oxygen atoms in total. The van der Waals surface area contributed by atoms with E-state index in [0.29, 0.717) is 13.1 Å². The van der Waals surface area contributed by atoms with Gasteiger partial charge in [0.15, 0.2) is 6.29 Å². The first-order valence-electron chi connectivity index (χ1n) is 5.37. The zero-order valence-electron chi connectivity index (χ0n) is 10.4. The summed E-state index contributed by atoms with van der Waals surface area (Å²) in [5, 5.41) is 14.2. The zero-order valence-corrected chi connectivity index (χ0v) is 10.4. The van der Waals surface area contributed by atoms with Crippen LogP contribution in [0.1, 0.15) is 13.3 Å². The number of hydrogen-bond donors (Lipinski definition) is 2. The summed E-state index contributed by atoms with van der Waals surface area (Å²) in [6, 6.07) is 1.83. The van der Waals surface area contributed by atoms with Gasteiger partial charge >= 0.3 is 0 Å². The van der Waals surface area contributed by atoms with Gasteiger partial charge < -0.3 is 20.1 Å². The molecule has 0 aliphatic rings. The van der Waals surface area contributed by atoms with Crippen LogP contribution in [-0.4, -0.2) is 39.5 Å². The minimum absolute atomic E-state index is 0.0319. The number of amides is 1. The molecule has 0 saturated carbocycles. The highest BCUT2D eigenvalue weighted by Gasteiger charge is 2.08. The SMILES string of the molecule is CCCNC(=O)/C(C#N)=C\NCC(OC)OC. The van der Waals surface area contributed by atoms with Crippen LogP contribution >= 0.6 is 0 Å². The molecule has 0 radical (unpaired) electrons. The molecule has 0 bridgehead atoms. The van der Waals surface area contributed by atoms with Gasteiger partial charge in [0, 0.05) is 27.0 Å². The molecule has 0 aliphatic heterocycles. The van der Waals surface area contributed by atoms with Crippen LogP contribution < -0.4 is 10.6 Å². The maximum absolute atomic E-state index is 11.4. The lowest BCUT2D eigenvalue weighted by Crippen LogP contribution is -2.29. The normalized spacial score (nSPS) is 11.1. The minimum Gasteiger partial charge on any atom is -0.385 e. The van der Waals surface area contributed by atoms with Crippen molar-refractivity contribution in [1.29, 1.82) is 5.26 Å². The lowest BCUT2D eigenvalue weighted by molar-refractivity contribution is -0.117. The highest BCUT2D eigenvalue weighted by atomic mass is 16.7. The third kappa shape index (κ3) is 6.56. The number of carbonyl (C=O) groups excluding carboxylic acids is 1. The van der Waals surface area contributed by atoms with Crippen LogP contribution in [0.25, 0.3) is 0 Å². The quantitative estimate of drug-likeness (QED) is 0.358. The van der Waals surface area contributed by atoms with Gasteiger partial charge in [-0.2, -0.15) is 5.26 Å². The molecule has 1 amide bonds. The average Bonchev–Trinajstić information content (AvgIpc) is 2.36. The highest BCUT2D eigenvalue weighted by Crippen LogP contribution is 1.92. The molecule has 0 fully saturated rings. The number of rotatable bonds is 8. The fourth-order valence-electron chi connectivity index (χ4n) is 1.00. The van der Waals surface area contributed by atoms with Gasteiger partial charge in [-0.15, -0.1) is 0 Å². The van der Waals surface area contributed by atoms with E-state index in [9.17, 15) is 4.79 Å². The average molecular weight is 241 g/mol. The number of hydrogen-bond acceptors (Lipinski definition) is 5. The first kappa shape index (κ1) is 15.4. The summed E-state index contributed by atoms with van der Waals surface area (Å²) in [5.74, 6) is -0.381. The van der Waals surface area contributed by atoms with Crippen molar-refractivity contribution < 1.29 is 14.3 Å². The third-order valence-corrected chi connectivity index (χ3v) is 1.96. The summed E-state index contributed by atoms with van der Waals surface area (Å²) < 4.78 is 9.89. The van der Waals surface area contributed by atoms with Crippen LogP contribution in [0.5, 0.6) is 0 Å². The van der Waals surface area contributed by atoms with Crippen molar-refractivity contribution in [2.45, 2.75) is 19.6 Å². The molecule has 0 heterocycles. The van der Waals surface area contributed by atoms with Gasteiger partial charge in [-0.25, -0.2) is 0 Å². The summed E-state index contributed by atoms with van der Waals surface area (Å²) in [6.45, 7) is 2.85. The molecular formula is C11H19N3O3. The fourth-order valence-corrected chi connectivity index (χ4v) is 1.00. The van der Waals surface area contributed by atoms with Crippen LogP contribution in [-0.2, 0) is 14.3 Å². The Morgan fingerprint density at radius 1 is 1.47 bits per heavy atom. The van der Waals surface area contributed by atoms with Gasteiger partial charge in [-0.1, -0.05) is 6.92 Å². The number of ether oxygens (including phenoxy) is 2. The Labute approximate surface area is 102 Å². The van der Waals surface area contributed by atoms with E-state index in [4.69, 9.17) is 14.7 Å². The topological polar surface area (TPSA) is 83.4 Å². The molecule has 0 spiro atoms. The Kier molecular flexibility index (Phi) is 8.74. The fraction of sp³-hybridized carbons (Fsp3) is 0.636. The van der Waals surface area contributed by atoms with E-state index in [-0.39, 0.29) is 11.5 Å². The molecule has 0 aromatic rings. The maximum atomic E-state index is 11.4. The van der Waals surface area contributed by atoms with Crippen LogP contribution in [0.15, 0.2) is 11.8 Å². The van der Waals surface area contributed by atoms with Gasteiger partial charge in [0.1, 0.15) is 11.6 Å². The van der Waals surface area contributed by atoms with Gasteiger partial charge in [0.2, 0.25) is 0 Å². The van der Waals surface area contributed by atoms with Gasteiger partial charge in [0.05, 0.1) is 6.54 Å². The van der Waals surface area contributed by atoms with Crippen molar-refractivity contribution >= 4 is 5.91 Å².